The molecule has 0 aliphatic heterocycles. The van der Waals surface area contributed by atoms with Gasteiger partial charge in [-0.1, -0.05) is 83.9 Å². The predicted octanol–water partition coefficient (Wildman–Crippen LogP) is 5.00. The summed E-state index contributed by atoms with van der Waals surface area (Å²) in [4.78, 5) is 12.7. The Morgan fingerprint density at radius 3 is 1.12 bits per heavy atom. The Morgan fingerprint density at radius 1 is 0.548 bits per heavy atom. The largest absolute Gasteiger partial charge is 0.333 e. The number of hydrogen-bond donors (Lipinski definition) is 6. The number of nitrogens with two attached hydrogens (primary N) is 6. The zero-order chi connectivity index (χ0) is 32.9. The molecule has 0 atom stereocenters. The summed E-state index contributed by atoms with van der Waals surface area (Å²) in [6, 6.07) is 12.0. The Bertz CT molecular complexity index is 977. The fourth-order valence-electron chi connectivity index (χ4n) is 4.18. The van der Waals surface area contributed by atoms with E-state index in [0.717, 1.165) is 11.1 Å². The van der Waals surface area contributed by atoms with Crippen LogP contribution in [0, 0.1) is 0 Å². The van der Waals surface area contributed by atoms with Gasteiger partial charge in [0.2, 0.25) is 0 Å². The van der Waals surface area contributed by atoms with Crippen molar-refractivity contribution in [1.82, 2.24) is 0 Å². The van der Waals surface area contributed by atoms with E-state index in [1.54, 1.807) is 0 Å². The molecule has 0 heterocycles. The van der Waals surface area contributed by atoms with E-state index in [0.29, 0.717) is 35.7 Å². The fourth-order valence-corrected chi connectivity index (χ4v) is 4.57. The number of benzene rings is 2. The van der Waals surface area contributed by atoms with Gasteiger partial charge in [0.25, 0.3) is 0 Å². The summed E-state index contributed by atoms with van der Waals surface area (Å²) in [5.41, 5.74) is 31.8. The maximum absolute atomic E-state index is 12.7. The number of halogens is 2. The smallest absolute Gasteiger partial charge is 0.133 e. The van der Waals surface area contributed by atoms with Gasteiger partial charge < -0.3 is 34.4 Å². The van der Waals surface area contributed by atoms with Gasteiger partial charge in [-0.2, -0.15) is 0 Å². The van der Waals surface area contributed by atoms with Gasteiger partial charge in [-0.25, -0.2) is 0 Å². The Hall–Kier alpha value is -2.59. The highest BCUT2D eigenvalue weighted by Gasteiger charge is 2.16. The molecule has 0 saturated carbocycles. The first-order valence-electron chi connectivity index (χ1n) is 13.8. The van der Waals surface area contributed by atoms with E-state index < -0.39 is 0 Å². The van der Waals surface area contributed by atoms with Crippen LogP contribution in [0.4, 0.5) is 0 Å². The van der Waals surface area contributed by atoms with Crippen LogP contribution in [-0.4, -0.2) is 48.1 Å². The van der Waals surface area contributed by atoms with Crippen LogP contribution in [0.1, 0.15) is 46.9 Å². The molecule has 0 unspecified atom stereocenters. The van der Waals surface area contributed by atoms with Gasteiger partial charge in [0.05, 0.1) is 0 Å². The topological polar surface area (TPSA) is 173 Å². The average molecular weight is 622 g/mol. The maximum atomic E-state index is 12.7. The molecule has 12 N–H and O–H groups in total. The van der Waals surface area contributed by atoms with Crippen LogP contribution >= 0.6 is 23.2 Å². The predicted molar refractivity (Wildman–Crippen MR) is 187 cm³/mol. The van der Waals surface area contributed by atoms with E-state index in [9.17, 15) is 4.79 Å². The number of carbonyl (C=O) groups is 1. The third kappa shape index (κ3) is 16.2. The van der Waals surface area contributed by atoms with Crippen molar-refractivity contribution in [1.29, 1.82) is 0 Å². The van der Waals surface area contributed by atoms with Gasteiger partial charge in [0.15, 0.2) is 0 Å². The normalized spacial score (nSPS) is 12.0. The first-order valence-corrected chi connectivity index (χ1v) is 14.6. The summed E-state index contributed by atoms with van der Waals surface area (Å²) < 4.78 is 0. The molecule has 7 nitrogen and oxygen atoms in total. The molecule has 0 spiro atoms. The lowest BCUT2D eigenvalue weighted by molar-refractivity contribution is -0.119. The molecular weight excluding hydrogens is 567 g/mol. The molecule has 0 aromatic heterocycles. The molecule has 0 saturated heterocycles. The minimum Gasteiger partial charge on any atom is -0.333 e. The molecule has 0 bridgehead atoms. The van der Waals surface area contributed by atoms with Crippen LogP contribution in [0.15, 0.2) is 85.0 Å². The molecule has 2 aromatic rings. The number of hydrogen-bond acceptors (Lipinski definition) is 7. The number of Topliss-reactive ketones (excluding diaryl/α,β-unsaturated/α-hetero) is 1. The van der Waals surface area contributed by atoms with Crippen molar-refractivity contribution < 1.29 is 4.79 Å². The summed E-state index contributed by atoms with van der Waals surface area (Å²) in [7, 11) is 9.00. The van der Waals surface area contributed by atoms with Crippen LogP contribution in [-0.2, 0) is 17.6 Å². The van der Waals surface area contributed by atoms with Gasteiger partial charge in [-0.3, -0.25) is 4.79 Å². The van der Waals surface area contributed by atoms with Crippen LogP contribution in [0.2, 0.25) is 10.0 Å². The zero-order valence-corrected chi connectivity index (χ0v) is 27.7. The van der Waals surface area contributed by atoms with E-state index in [4.69, 9.17) is 23.2 Å². The van der Waals surface area contributed by atoms with Crippen molar-refractivity contribution in [2.24, 2.45) is 34.4 Å². The highest BCUT2D eigenvalue weighted by Crippen LogP contribution is 2.31. The molecule has 0 amide bonds. The van der Waals surface area contributed by atoms with Gasteiger partial charge in [0, 0.05) is 34.7 Å². The fraction of sp³-hybridized carbons (Fsp3) is 0.364. The van der Waals surface area contributed by atoms with Gasteiger partial charge in [-0.15, -0.1) is 0 Å². The summed E-state index contributed by atoms with van der Waals surface area (Å²) in [6.07, 6.45) is 19.4. The van der Waals surface area contributed by atoms with Gasteiger partial charge >= 0.3 is 0 Å². The zero-order valence-electron chi connectivity index (χ0n) is 26.2. The Labute approximate surface area is 264 Å². The van der Waals surface area contributed by atoms with E-state index in [-0.39, 0.29) is 17.6 Å². The summed E-state index contributed by atoms with van der Waals surface area (Å²) in [6.45, 7) is 0. The number of allylic oxidation sites excluding steroid dienone is 8. The lowest BCUT2D eigenvalue weighted by Gasteiger charge is -2.15. The highest BCUT2D eigenvalue weighted by molar-refractivity contribution is 6.31. The number of rotatable bonds is 8. The first kappa shape index (κ1) is 43.9. The standard InChI is InChI=1S/C27H24Cl2O.6CH5N/c28-23-11-15-26(19-5-1-2-6-19)21(17-23)9-13-25(30)14-10-22-18-24(29)12-16-27(22)20-7-3-4-8-20;6*1-2/h1-8,11-12,15-20H,9-10,13-14H2;6*2H2,1H3. The molecule has 9 heteroatoms. The Balaban J connectivity index is -0.00000113. The lowest BCUT2D eigenvalue weighted by Crippen LogP contribution is -2.06. The van der Waals surface area contributed by atoms with E-state index in [2.05, 4.69) is 95.1 Å². The second kappa shape index (κ2) is 29.9. The molecule has 2 aliphatic rings. The van der Waals surface area contributed by atoms with Crippen LogP contribution < -0.4 is 34.4 Å². The quantitative estimate of drug-likeness (QED) is 0.241. The molecule has 42 heavy (non-hydrogen) atoms. The summed E-state index contributed by atoms with van der Waals surface area (Å²) in [5.74, 6) is 0.810. The number of carbonyl (C=O) groups excluding carboxylic acids is 1. The van der Waals surface area contributed by atoms with Crippen molar-refractivity contribution in [2.45, 2.75) is 37.5 Å². The van der Waals surface area contributed by atoms with Crippen LogP contribution in [0.3, 0.4) is 0 Å². The molecule has 0 radical (unpaired) electrons. The number of ketones is 1. The average Bonchev–Trinajstić information content (AvgIpc) is 3.81. The Morgan fingerprint density at radius 2 is 0.833 bits per heavy atom. The first-order chi connectivity index (χ1) is 20.6. The van der Waals surface area contributed by atoms with Crippen molar-refractivity contribution >= 4 is 29.0 Å². The molecular formula is C33H54Cl2N6O. The van der Waals surface area contributed by atoms with Crippen molar-refractivity contribution in [3.8, 4) is 0 Å². The molecule has 2 aliphatic carbocycles. The van der Waals surface area contributed by atoms with E-state index in [1.165, 1.54) is 53.4 Å². The van der Waals surface area contributed by atoms with Crippen LogP contribution in [0.5, 0.6) is 0 Å². The second-order valence-electron chi connectivity index (χ2n) is 7.82. The maximum Gasteiger partial charge on any atom is 0.133 e. The van der Waals surface area contributed by atoms with Crippen molar-refractivity contribution in [3.05, 3.63) is 117 Å². The molecule has 0 fully saturated rings. The minimum absolute atomic E-state index is 0.266. The SMILES string of the molecule is CN.CN.CN.CN.CN.CN.O=C(CCc1cc(Cl)ccc1C1C=CC=C1)CCc1cc(Cl)ccc1C1C=CC=C1. The highest BCUT2D eigenvalue weighted by atomic mass is 35.5. The minimum atomic E-state index is 0.266. The van der Waals surface area contributed by atoms with Gasteiger partial charge in [0.1, 0.15) is 5.78 Å². The second-order valence-corrected chi connectivity index (χ2v) is 8.69. The Kier molecular flexibility index (Phi) is 31.2. The summed E-state index contributed by atoms with van der Waals surface area (Å²) in [5, 5.41) is 1.43. The van der Waals surface area contributed by atoms with E-state index >= 15 is 0 Å². The van der Waals surface area contributed by atoms with Crippen LogP contribution in [0.25, 0.3) is 0 Å². The van der Waals surface area contributed by atoms with Gasteiger partial charge in [-0.05, 0) is 102 Å². The summed E-state index contributed by atoms with van der Waals surface area (Å²) >= 11 is 12.5. The third-order valence-electron chi connectivity index (χ3n) is 5.77. The molecule has 2 aromatic carbocycles. The number of aryl methyl sites for hydroxylation is 2. The third-order valence-corrected chi connectivity index (χ3v) is 6.24. The molecule has 4 rings (SSSR count). The van der Waals surface area contributed by atoms with Crippen molar-refractivity contribution in [3.63, 3.8) is 0 Å². The van der Waals surface area contributed by atoms with Crippen molar-refractivity contribution in [2.75, 3.05) is 42.3 Å². The monoisotopic (exact) mass is 620 g/mol. The molecule has 236 valence electrons. The van der Waals surface area contributed by atoms with E-state index in [1.807, 2.05) is 24.3 Å². The lowest BCUT2D eigenvalue weighted by atomic mass is 9.90.